The maximum Gasteiger partial charge on any atom is 0.0613 e. The number of aliphatic hydroxyl groups is 1. The molecule has 84 valence electrons. The zero-order valence-electron chi connectivity index (χ0n) is 9.45. The van der Waals surface area contributed by atoms with Crippen molar-refractivity contribution in [3.63, 3.8) is 0 Å². The van der Waals surface area contributed by atoms with Crippen molar-refractivity contribution < 1.29 is 14.6 Å². The summed E-state index contributed by atoms with van der Waals surface area (Å²) in [7, 11) is 0. The molecule has 1 rings (SSSR count). The summed E-state index contributed by atoms with van der Waals surface area (Å²) in [6, 6.07) is 0. The molecule has 0 saturated carbocycles. The molecule has 3 nitrogen and oxygen atoms in total. The van der Waals surface area contributed by atoms with E-state index in [1.54, 1.807) is 0 Å². The van der Waals surface area contributed by atoms with Crippen LogP contribution in [0, 0.1) is 5.92 Å². The van der Waals surface area contributed by atoms with Gasteiger partial charge in [-0.3, -0.25) is 0 Å². The zero-order valence-corrected chi connectivity index (χ0v) is 9.45. The fourth-order valence-corrected chi connectivity index (χ4v) is 1.58. The Hall–Kier alpha value is -0.120. The van der Waals surface area contributed by atoms with Crippen molar-refractivity contribution in [1.82, 2.24) is 0 Å². The highest BCUT2D eigenvalue weighted by molar-refractivity contribution is 4.72. The smallest absolute Gasteiger partial charge is 0.0613 e. The first-order valence-corrected chi connectivity index (χ1v) is 5.39. The monoisotopic (exact) mass is 202 g/mol. The van der Waals surface area contributed by atoms with Gasteiger partial charge in [-0.05, 0) is 33.6 Å². The fourth-order valence-electron chi connectivity index (χ4n) is 1.58. The van der Waals surface area contributed by atoms with E-state index in [-0.39, 0.29) is 17.6 Å². The second kappa shape index (κ2) is 5.10. The third-order valence-corrected chi connectivity index (χ3v) is 2.46. The van der Waals surface area contributed by atoms with Gasteiger partial charge in [-0.2, -0.15) is 0 Å². The maximum absolute atomic E-state index is 9.66. The van der Waals surface area contributed by atoms with Crippen LogP contribution < -0.4 is 0 Å². The van der Waals surface area contributed by atoms with Crippen molar-refractivity contribution in [1.29, 1.82) is 0 Å². The summed E-state index contributed by atoms with van der Waals surface area (Å²) in [5, 5.41) is 9.66. The molecule has 0 radical (unpaired) electrons. The molecule has 2 unspecified atom stereocenters. The topological polar surface area (TPSA) is 38.7 Å². The first-order chi connectivity index (χ1) is 6.49. The second-order valence-corrected chi connectivity index (χ2v) is 4.94. The number of aliphatic hydroxyl groups excluding tert-OH is 1. The predicted molar refractivity (Wildman–Crippen MR) is 55.3 cm³/mol. The van der Waals surface area contributed by atoms with Gasteiger partial charge >= 0.3 is 0 Å². The Balaban J connectivity index is 2.17. The van der Waals surface area contributed by atoms with Crippen LogP contribution in [0.1, 0.15) is 33.6 Å². The van der Waals surface area contributed by atoms with E-state index in [9.17, 15) is 5.11 Å². The Bertz CT molecular complexity index is 162. The first kappa shape index (κ1) is 12.0. The van der Waals surface area contributed by atoms with Crippen LogP contribution in [0.15, 0.2) is 0 Å². The molecule has 1 heterocycles. The molecule has 1 aliphatic rings. The number of hydrogen-bond donors (Lipinski definition) is 1. The lowest BCUT2D eigenvalue weighted by Gasteiger charge is -2.29. The number of ether oxygens (including phenoxy) is 2. The fraction of sp³-hybridized carbons (Fsp3) is 1.00. The third kappa shape index (κ3) is 4.40. The number of hydrogen-bond acceptors (Lipinski definition) is 3. The molecular formula is C11H22O3. The van der Waals surface area contributed by atoms with Crippen LogP contribution in [-0.2, 0) is 9.47 Å². The molecule has 3 heteroatoms. The van der Waals surface area contributed by atoms with Gasteiger partial charge < -0.3 is 14.6 Å². The molecule has 0 bridgehead atoms. The van der Waals surface area contributed by atoms with Crippen molar-refractivity contribution in [2.45, 2.75) is 45.3 Å². The average Bonchev–Trinajstić information content (AvgIpc) is 2.06. The van der Waals surface area contributed by atoms with Gasteiger partial charge in [0.2, 0.25) is 0 Å². The molecule has 1 N–H and O–H groups in total. The van der Waals surface area contributed by atoms with E-state index in [4.69, 9.17) is 9.47 Å². The van der Waals surface area contributed by atoms with Crippen LogP contribution >= 0.6 is 0 Å². The van der Waals surface area contributed by atoms with Crippen LogP contribution in [-0.4, -0.2) is 36.6 Å². The van der Waals surface area contributed by atoms with Gasteiger partial charge in [-0.15, -0.1) is 0 Å². The first-order valence-electron chi connectivity index (χ1n) is 5.39. The Kier molecular flexibility index (Phi) is 4.35. The second-order valence-electron chi connectivity index (χ2n) is 4.94. The molecule has 0 aliphatic carbocycles. The van der Waals surface area contributed by atoms with E-state index in [1.807, 2.05) is 20.8 Å². The molecule has 1 fully saturated rings. The summed E-state index contributed by atoms with van der Waals surface area (Å²) >= 11 is 0. The molecule has 2 atom stereocenters. The molecule has 1 aliphatic heterocycles. The van der Waals surface area contributed by atoms with Crippen LogP contribution in [0.4, 0.5) is 0 Å². The van der Waals surface area contributed by atoms with E-state index < -0.39 is 0 Å². The van der Waals surface area contributed by atoms with Crippen molar-refractivity contribution in [2.24, 2.45) is 5.92 Å². The van der Waals surface area contributed by atoms with Gasteiger partial charge in [0.05, 0.1) is 18.3 Å². The van der Waals surface area contributed by atoms with E-state index in [0.29, 0.717) is 19.8 Å². The largest absolute Gasteiger partial charge is 0.393 e. The van der Waals surface area contributed by atoms with E-state index in [0.717, 1.165) is 12.8 Å². The zero-order chi connectivity index (χ0) is 10.6. The highest BCUT2D eigenvalue weighted by Crippen LogP contribution is 2.19. The van der Waals surface area contributed by atoms with Crippen LogP contribution in [0.3, 0.4) is 0 Å². The minimum Gasteiger partial charge on any atom is -0.393 e. The van der Waals surface area contributed by atoms with Crippen LogP contribution in [0.25, 0.3) is 0 Å². The summed E-state index contributed by atoms with van der Waals surface area (Å²) in [6.45, 7) is 8.20. The molecule has 0 aromatic heterocycles. The molecular weight excluding hydrogens is 180 g/mol. The van der Waals surface area contributed by atoms with Gasteiger partial charge in [-0.1, -0.05) is 0 Å². The minimum absolute atomic E-state index is 0.0829. The van der Waals surface area contributed by atoms with Crippen LogP contribution in [0.5, 0.6) is 0 Å². The lowest BCUT2D eigenvalue weighted by molar-refractivity contribution is -0.0630. The Morgan fingerprint density at radius 3 is 2.71 bits per heavy atom. The minimum atomic E-state index is -0.202. The molecule has 0 spiro atoms. The Morgan fingerprint density at radius 2 is 2.14 bits per heavy atom. The normalized spacial score (nSPS) is 29.1. The van der Waals surface area contributed by atoms with Crippen molar-refractivity contribution in [3.8, 4) is 0 Å². The number of rotatable bonds is 3. The Labute approximate surface area is 86.4 Å². The van der Waals surface area contributed by atoms with Gasteiger partial charge in [0.1, 0.15) is 0 Å². The van der Waals surface area contributed by atoms with Gasteiger partial charge in [0.25, 0.3) is 0 Å². The molecule has 0 aromatic carbocycles. The van der Waals surface area contributed by atoms with Gasteiger partial charge in [-0.25, -0.2) is 0 Å². The van der Waals surface area contributed by atoms with Gasteiger partial charge in [0, 0.05) is 19.1 Å². The summed E-state index contributed by atoms with van der Waals surface area (Å²) in [5.74, 6) is 0.256. The third-order valence-electron chi connectivity index (χ3n) is 2.46. The molecule has 14 heavy (non-hydrogen) atoms. The van der Waals surface area contributed by atoms with Crippen molar-refractivity contribution in [3.05, 3.63) is 0 Å². The predicted octanol–water partition coefficient (Wildman–Crippen LogP) is 1.59. The standard InChI is InChI=1S/C11H22O3/c1-11(2,3)14-7-4-9-8-13-6-5-10(9)12/h9-10,12H,4-8H2,1-3H3. The summed E-state index contributed by atoms with van der Waals surface area (Å²) in [5.41, 5.74) is -0.0829. The quantitative estimate of drug-likeness (QED) is 0.755. The lowest BCUT2D eigenvalue weighted by Crippen LogP contribution is -2.33. The average molecular weight is 202 g/mol. The highest BCUT2D eigenvalue weighted by Gasteiger charge is 2.23. The van der Waals surface area contributed by atoms with Crippen LogP contribution in [0.2, 0.25) is 0 Å². The maximum atomic E-state index is 9.66. The molecule has 1 saturated heterocycles. The highest BCUT2D eigenvalue weighted by atomic mass is 16.5. The van der Waals surface area contributed by atoms with Crippen molar-refractivity contribution >= 4 is 0 Å². The summed E-state index contributed by atoms with van der Waals surface area (Å²) in [6.07, 6.45) is 1.45. The SMILES string of the molecule is CC(C)(C)OCCC1COCCC1O. The van der Waals surface area contributed by atoms with E-state index in [2.05, 4.69) is 0 Å². The van der Waals surface area contributed by atoms with Gasteiger partial charge in [0.15, 0.2) is 0 Å². The Morgan fingerprint density at radius 1 is 1.43 bits per heavy atom. The van der Waals surface area contributed by atoms with E-state index in [1.165, 1.54) is 0 Å². The molecule has 0 amide bonds. The molecule has 0 aromatic rings. The lowest BCUT2D eigenvalue weighted by atomic mass is 9.96. The van der Waals surface area contributed by atoms with E-state index >= 15 is 0 Å². The summed E-state index contributed by atoms with van der Waals surface area (Å²) in [4.78, 5) is 0. The van der Waals surface area contributed by atoms with Crippen molar-refractivity contribution in [2.75, 3.05) is 19.8 Å². The summed E-state index contributed by atoms with van der Waals surface area (Å²) < 4.78 is 10.9.